The second-order valence-corrected chi connectivity index (χ2v) is 4.35. The number of nitrogens with one attached hydrogen (secondary N) is 1. The van der Waals surface area contributed by atoms with Crippen molar-refractivity contribution in [3.8, 4) is 5.88 Å². The normalized spacial score (nSPS) is 15.6. The van der Waals surface area contributed by atoms with Crippen molar-refractivity contribution in [2.24, 2.45) is 0 Å². The lowest BCUT2D eigenvalue weighted by Crippen LogP contribution is -2.25. The highest BCUT2D eigenvalue weighted by Gasteiger charge is 2.21. The molecule has 2 rings (SSSR count). The first kappa shape index (κ1) is 11.5. The van der Waals surface area contributed by atoms with Crippen LogP contribution in [0.2, 0.25) is 5.02 Å². The summed E-state index contributed by atoms with van der Waals surface area (Å²) in [6.45, 7) is 2.94. The van der Waals surface area contributed by atoms with Gasteiger partial charge in [-0.25, -0.2) is 4.98 Å². The van der Waals surface area contributed by atoms with Gasteiger partial charge in [-0.1, -0.05) is 18.5 Å². The summed E-state index contributed by atoms with van der Waals surface area (Å²) in [5, 5.41) is 3.59. The predicted molar refractivity (Wildman–Crippen MR) is 64.1 cm³/mol. The fourth-order valence-corrected chi connectivity index (χ4v) is 1.54. The Morgan fingerprint density at radius 2 is 2.38 bits per heavy atom. The monoisotopic (exact) mass is 241 g/mol. The van der Waals surface area contributed by atoms with E-state index in [1.807, 2.05) is 0 Å². The SMILES string of the molecule is CCCNc1ncc(Cl)c(OC2CCC2)n1. The van der Waals surface area contributed by atoms with Gasteiger partial charge in [0.05, 0.1) is 6.20 Å². The summed E-state index contributed by atoms with van der Waals surface area (Å²) in [6, 6.07) is 0. The number of halogens is 1. The van der Waals surface area contributed by atoms with Gasteiger partial charge in [0.15, 0.2) is 0 Å². The van der Waals surface area contributed by atoms with E-state index in [1.165, 1.54) is 6.42 Å². The van der Waals surface area contributed by atoms with Gasteiger partial charge in [-0.3, -0.25) is 0 Å². The van der Waals surface area contributed by atoms with Gasteiger partial charge in [-0.05, 0) is 25.7 Å². The zero-order chi connectivity index (χ0) is 11.4. The van der Waals surface area contributed by atoms with Gasteiger partial charge in [0.2, 0.25) is 11.8 Å². The predicted octanol–water partition coefficient (Wildman–Crippen LogP) is 2.88. The number of nitrogens with zero attached hydrogens (tertiary/aromatic N) is 2. The van der Waals surface area contributed by atoms with Crippen molar-refractivity contribution in [3.05, 3.63) is 11.2 Å². The molecule has 0 aromatic carbocycles. The Balaban J connectivity index is 2.02. The Kier molecular flexibility index (Phi) is 3.83. The summed E-state index contributed by atoms with van der Waals surface area (Å²) >= 11 is 5.98. The molecule has 1 N–H and O–H groups in total. The summed E-state index contributed by atoms with van der Waals surface area (Å²) in [5.41, 5.74) is 0. The summed E-state index contributed by atoms with van der Waals surface area (Å²) in [6.07, 6.45) is 6.32. The maximum absolute atomic E-state index is 5.98. The third kappa shape index (κ3) is 2.76. The third-order valence-electron chi connectivity index (χ3n) is 2.58. The van der Waals surface area contributed by atoms with E-state index in [0.29, 0.717) is 16.9 Å². The first-order valence-electron chi connectivity index (χ1n) is 5.72. The molecular weight excluding hydrogens is 226 g/mol. The largest absolute Gasteiger partial charge is 0.473 e. The van der Waals surface area contributed by atoms with E-state index < -0.39 is 0 Å². The van der Waals surface area contributed by atoms with E-state index in [2.05, 4.69) is 22.2 Å². The van der Waals surface area contributed by atoms with Crippen LogP contribution in [0.25, 0.3) is 0 Å². The molecule has 0 atom stereocenters. The van der Waals surface area contributed by atoms with E-state index in [1.54, 1.807) is 6.20 Å². The van der Waals surface area contributed by atoms with Crippen molar-refractivity contribution < 1.29 is 4.74 Å². The molecule has 0 saturated heterocycles. The Morgan fingerprint density at radius 1 is 1.56 bits per heavy atom. The molecule has 0 bridgehead atoms. The lowest BCUT2D eigenvalue weighted by Gasteiger charge is -2.26. The first-order chi connectivity index (χ1) is 7.79. The van der Waals surface area contributed by atoms with Crippen LogP contribution in [0.15, 0.2) is 6.20 Å². The summed E-state index contributed by atoms with van der Waals surface area (Å²) in [4.78, 5) is 8.35. The van der Waals surface area contributed by atoms with Gasteiger partial charge in [0, 0.05) is 6.54 Å². The minimum absolute atomic E-state index is 0.284. The Bertz CT molecular complexity index is 355. The number of hydrogen-bond acceptors (Lipinski definition) is 4. The van der Waals surface area contributed by atoms with E-state index in [0.717, 1.165) is 25.8 Å². The molecule has 5 heteroatoms. The van der Waals surface area contributed by atoms with Crippen LogP contribution in [0.5, 0.6) is 5.88 Å². The molecule has 0 unspecified atom stereocenters. The third-order valence-corrected chi connectivity index (χ3v) is 2.83. The first-order valence-corrected chi connectivity index (χ1v) is 6.10. The van der Waals surface area contributed by atoms with Gasteiger partial charge in [-0.2, -0.15) is 4.98 Å². The van der Waals surface area contributed by atoms with E-state index in [-0.39, 0.29) is 6.10 Å². The maximum atomic E-state index is 5.98. The highest BCUT2D eigenvalue weighted by atomic mass is 35.5. The fourth-order valence-electron chi connectivity index (χ4n) is 1.40. The number of hydrogen-bond donors (Lipinski definition) is 1. The second-order valence-electron chi connectivity index (χ2n) is 3.94. The van der Waals surface area contributed by atoms with Crippen LogP contribution in [0.1, 0.15) is 32.6 Å². The zero-order valence-corrected chi connectivity index (χ0v) is 10.1. The number of aromatic nitrogens is 2. The van der Waals surface area contributed by atoms with Crippen molar-refractivity contribution in [2.75, 3.05) is 11.9 Å². The molecule has 1 aliphatic carbocycles. The van der Waals surface area contributed by atoms with Crippen molar-refractivity contribution in [1.29, 1.82) is 0 Å². The van der Waals surface area contributed by atoms with E-state index in [9.17, 15) is 0 Å². The molecule has 0 amide bonds. The lowest BCUT2D eigenvalue weighted by atomic mass is 9.96. The minimum atomic E-state index is 0.284. The molecule has 1 saturated carbocycles. The highest BCUT2D eigenvalue weighted by Crippen LogP contribution is 2.28. The van der Waals surface area contributed by atoms with Crippen LogP contribution < -0.4 is 10.1 Å². The van der Waals surface area contributed by atoms with Crippen LogP contribution in [0, 0.1) is 0 Å². The average Bonchev–Trinajstić information content (AvgIpc) is 2.23. The van der Waals surface area contributed by atoms with Crippen molar-refractivity contribution in [3.63, 3.8) is 0 Å². The second kappa shape index (κ2) is 5.34. The molecule has 4 nitrogen and oxygen atoms in total. The van der Waals surface area contributed by atoms with Crippen molar-refractivity contribution >= 4 is 17.5 Å². The molecule has 0 aliphatic heterocycles. The van der Waals surface area contributed by atoms with Crippen LogP contribution in [0.4, 0.5) is 5.95 Å². The summed E-state index contributed by atoms with van der Waals surface area (Å²) < 4.78 is 5.68. The Labute approximate surface area is 100 Å². The van der Waals surface area contributed by atoms with Crippen LogP contribution in [0.3, 0.4) is 0 Å². The van der Waals surface area contributed by atoms with Gasteiger partial charge in [0.25, 0.3) is 0 Å². The van der Waals surface area contributed by atoms with Gasteiger partial charge >= 0.3 is 0 Å². The Hall–Kier alpha value is -1.03. The summed E-state index contributed by atoms with van der Waals surface area (Å²) in [5.74, 6) is 1.08. The fraction of sp³-hybridized carbons (Fsp3) is 0.636. The van der Waals surface area contributed by atoms with Gasteiger partial charge < -0.3 is 10.1 Å². The summed E-state index contributed by atoms with van der Waals surface area (Å²) in [7, 11) is 0. The standard InChI is InChI=1S/C11H16ClN3O/c1-2-6-13-11-14-7-9(12)10(15-11)16-8-4-3-5-8/h7-8H,2-6H2,1H3,(H,13,14,15). The highest BCUT2D eigenvalue weighted by molar-refractivity contribution is 6.31. The molecular formula is C11H16ClN3O. The quantitative estimate of drug-likeness (QED) is 0.861. The lowest BCUT2D eigenvalue weighted by molar-refractivity contribution is 0.115. The van der Waals surface area contributed by atoms with Crippen LogP contribution in [-0.4, -0.2) is 22.6 Å². The average molecular weight is 242 g/mol. The molecule has 1 aromatic heterocycles. The van der Waals surface area contributed by atoms with Crippen molar-refractivity contribution in [2.45, 2.75) is 38.7 Å². The molecule has 1 heterocycles. The van der Waals surface area contributed by atoms with Crippen LogP contribution in [-0.2, 0) is 0 Å². The molecule has 0 spiro atoms. The van der Waals surface area contributed by atoms with E-state index >= 15 is 0 Å². The molecule has 1 aromatic rings. The maximum Gasteiger partial charge on any atom is 0.237 e. The van der Waals surface area contributed by atoms with Crippen molar-refractivity contribution in [1.82, 2.24) is 9.97 Å². The zero-order valence-electron chi connectivity index (χ0n) is 9.37. The van der Waals surface area contributed by atoms with Gasteiger partial charge in [0.1, 0.15) is 11.1 Å². The molecule has 1 aliphatic rings. The number of anilines is 1. The van der Waals surface area contributed by atoms with E-state index in [4.69, 9.17) is 16.3 Å². The number of ether oxygens (including phenoxy) is 1. The topological polar surface area (TPSA) is 47.0 Å². The molecule has 1 fully saturated rings. The molecule has 0 radical (unpaired) electrons. The van der Waals surface area contributed by atoms with Crippen LogP contribution >= 0.6 is 11.6 Å². The minimum Gasteiger partial charge on any atom is -0.473 e. The van der Waals surface area contributed by atoms with Gasteiger partial charge in [-0.15, -0.1) is 0 Å². The number of rotatable bonds is 5. The molecule has 88 valence electrons. The molecule has 16 heavy (non-hydrogen) atoms. The smallest absolute Gasteiger partial charge is 0.237 e. The Morgan fingerprint density at radius 3 is 3.00 bits per heavy atom.